The van der Waals surface area contributed by atoms with Gasteiger partial charge in [0.05, 0.1) is 12.2 Å². The summed E-state index contributed by atoms with van der Waals surface area (Å²) >= 11 is 0. The van der Waals surface area contributed by atoms with Crippen LogP contribution in [0.5, 0.6) is 0 Å². The van der Waals surface area contributed by atoms with Gasteiger partial charge in [-0.3, -0.25) is 9.52 Å². The largest absolute Gasteiger partial charge is 0.481 e. The molecule has 0 amide bonds. The van der Waals surface area contributed by atoms with Gasteiger partial charge >= 0.3 is 5.97 Å². The second-order valence-corrected chi connectivity index (χ2v) is 7.63. The molecule has 0 spiro atoms. The van der Waals surface area contributed by atoms with E-state index < -0.39 is 21.9 Å². The smallest absolute Gasteiger partial charge is 0.306 e. The number of aromatic nitrogens is 2. The van der Waals surface area contributed by atoms with Crippen LogP contribution in [0.15, 0.2) is 41.8 Å². The van der Waals surface area contributed by atoms with Gasteiger partial charge in [-0.2, -0.15) is 8.42 Å². The van der Waals surface area contributed by atoms with Crippen LogP contribution in [0.3, 0.4) is 0 Å². The Balaban J connectivity index is 2.10. The van der Waals surface area contributed by atoms with Crippen LogP contribution in [-0.4, -0.2) is 29.0 Å². The molecule has 1 aromatic carbocycles. The Morgan fingerprint density at radius 3 is 2.38 bits per heavy atom. The Bertz CT molecular complexity index is 810. The quantitative estimate of drug-likeness (QED) is 0.798. The predicted octanol–water partition coefficient (Wildman–Crippen LogP) is 2.53. The SMILES string of the molecule is CC(Cc1ccc(NS(=O)(=O)c2cn(C(C)C)cn2)cc1)C(=O)O. The fourth-order valence-corrected chi connectivity index (χ4v) is 3.09. The van der Waals surface area contributed by atoms with E-state index in [1.165, 1.54) is 12.5 Å². The van der Waals surface area contributed by atoms with Gasteiger partial charge in [0.1, 0.15) is 0 Å². The number of carboxylic acid groups (broad SMARTS) is 1. The minimum atomic E-state index is -3.75. The maximum absolute atomic E-state index is 12.3. The van der Waals surface area contributed by atoms with Crippen LogP contribution in [-0.2, 0) is 21.2 Å². The zero-order chi connectivity index (χ0) is 17.9. The molecular weight excluding hydrogens is 330 g/mol. The van der Waals surface area contributed by atoms with E-state index in [4.69, 9.17) is 5.11 Å². The first-order valence-electron chi connectivity index (χ1n) is 7.57. The molecule has 0 radical (unpaired) electrons. The van der Waals surface area contributed by atoms with Crippen molar-refractivity contribution in [2.24, 2.45) is 5.92 Å². The molecule has 0 fully saturated rings. The maximum atomic E-state index is 12.3. The van der Waals surface area contributed by atoms with Gasteiger partial charge < -0.3 is 9.67 Å². The monoisotopic (exact) mass is 351 g/mol. The van der Waals surface area contributed by atoms with E-state index in [1.807, 2.05) is 13.8 Å². The highest BCUT2D eigenvalue weighted by molar-refractivity contribution is 7.92. The van der Waals surface area contributed by atoms with Crippen LogP contribution in [0.2, 0.25) is 0 Å². The Labute approximate surface area is 141 Å². The second-order valence-electron chi connectivity index (χ2n) is 6.00. The van der Waals surface area contributed by atoms with E-state index in [1.54, 1.807) is 35.8 Å². The number of carbonyl (C=O) groups is 1. The number of hydrogen-bond donors (Lipinski definition) is 2. The van der Waals surface area contributed by atoms with E-state index >= 15 is 0 Å². The number of rotatable bonds is 7. The molecule has 1 atom stereocenters. The van der Waals surface area contributed by atoms with Crippen molar-refractivity contribution in [2.45, 2.75) is 38.3 Å². The maximum Gasteiger partial charge on any atom is 0.306 e. The molecule has 0 bridgehead atoms. The zero-order valence-electron chi connectivity index (χ0n) is 13.8. The van der Waals surface area contributed by atoms with Gasteiger partial charge in [0.2, 0.25) is 0 Å². The number of imidazole rings is 1. The fraction of sp³-hybridized carbons (Fsp3) is 0.375. The summed E-state index contributed by atoms with van der Waals surface area (Å²) in [5.41, 5.74) is 1.23. The van der Waals surface area contributed by atoms with Gasteiger partial charge in [0.15, 0.2) is 5.03 Å². The molecule has 0 aliphatic carbocycles. The van der Waals surface area contributed by atoms with Crippen molar-refractivity contribution in [3.05, 3.63) is 42.4 Å². The lowest BCUT2D eigenvalue weighted by molar-refractivity contribution is -0.141. The van der Waals surface area contributed by atoms with Gasteiger partial charge in [-0.25, -0.2) is 4.98 Å². The normalized spacial score (nSPS) is 13.0. The van der Waals surface area contributed by atoms with Crippen LogP contribution < -0.4 is 4.72 Å². The Hall–Kier alpha value is -2.35. The van der Waals surface area contributed by atoms with Gasteiger partial charge in [-0.05, 0) is 38.0 Å². The number of hydrogen-bond acceptors (Lipinski definition) is 4. The summed E-state index contributed by atoms with van der Waals surface area (Å²) < 4.78 is 28.8. The summed E-state index contributed by atoms with van der Waals surface area (Å²) in [4.78, 5) is 14.8. The standard InChI is InChI=1S/C16H21N3O4S/c1-11(2)19-9-15(17-10-19)24(22,23)18-14-6-4-13(5-7-14)8-12(3)16(20)21/h4-7,9-12,18H,8H2,1-3H3,(H,20,21). The lowest BCUT2D eigenvalue weighted by Crippen LogP contribution is -2.14. The molecule has 0 saturated heterocycles. The first kappa shape index (κ1) is 18.0. The van der Waals surface area contributed by atoms with Crippen molar-refractivity contribution in [1.82, 2.24) is 9.55 Å². The van der Waals surface area contributed by atoms with Crippen molar-refractivity contribution in [3.8, 4) is 0 Å². The van der Waals surface area contributed by atoms with E-state index in [-0.39, 0.29) is 11.1 Å². The third-order valence-corrected chi connectivity index (χ3v) is 4.88. The third kappa shape index (κ3) is 4.35. The van der Waals surface area contributed by atoms with E-state index in [0.717, 1.165) is 5.56 Å². The molecule has 2 N–H and O–H groups in total. The van der Waals surface area contributed by atoms with E-state index in [2.05, 4.69) is 9.71 Å². The molecule has 1 unspecified atom stereocenters. The molecule has 0 aliphatic heterocycles. The highest BCUT2D eigenvalue weighted by atomic mass is 32.2. The number of aliphatic carboxylic acids is 1. The van der Waals surface area contributed by atoms with Gasteiger partial charge in [-0.15, -0.1) is 0 Å². The van der Waals surface area contributed by atoms with Gasteiger partial charge in [-0.1, -0.05) is 19.1 Å². The van der Waals surface area contributed by atoms with Crippen molar-refractivity contribution >= 4 is 21.7 Å². The molecule has 2 aromatic rings. The minimum absolute atomic E-state index is 0.0419. The molecule has 8 heteroatoms. The average Bonchev–Trinajstić information content (AvgIpc) is 3.00. The molecule has 1 heterocycles. The van der Waals surface area contributed by atoms with Gasteiger partial charge in [0, 0.05) is 17.9 Å². The Morgan fingerprint density at radius 2 is 1.88 bits per heavy atom. The summed E-state index contributed by atoms with van der Waals surface area (Å²) in [6.45, 7) is 5.49. The topological polar surface area (TPSA) is 101 Å². The number of benzene rings is 1. The number of nitrogens with one attached hydrogen (secondary N) is 1. The lowest BCUT2D eigenvalue weighted by Gasteiger charge is -2.09. The summed E-state index contributed by atoms with van der Waals surface area (Å²) in [5, 5.41) is 8.88. The summed E-state index contributed by atoms with van der Waals surface area (Å²) in [7, 11) is -3.75. The van der Waals surface area contributed by atoms with Crippen LogP contribution >= 0.6 is 0 Å². The lowest BCUT2D eigenvalue weighted by atomic mass is 10.0. The second kappa shape index (κ2) is 7.04. The van der Waals surface area contributed by atoms with Crippen molar-refractivity contribution in [3.63, 3.8) is 0 Å². The van der Waals surface area contributed by atoms with Crippen LogP contribution in [0.25, 0.3) is 0 Å². The molecule has 7 nitrogen and oxygen atoms in total. The van der Waals surface area contributed by atoms with E-state index in [9.17, 15) is 13.2 Å². The number of nitrogens with zero attached hydrogens (tertiary/aromatic N) is 2. The molecular formula is C16H21N3O4S. The first-order chi connectivity index (χ1) is 11.2. The molecule has 130 valence electrons. The molecule has 24 heavy (non-hydrogen) atoms. The number of carboxylic acids is 1. The van der Waals surface area contributed by atoms with Crippen LogP contribution in [0.1, 0.15) is 32.4 Å². The zero-order valence-corrected chi connectivity index (χ0v) is 14.6. The van der Waals surface area contributed by atoms with Gasteiger partial charge in [0.25, 0.3) is 10.0 Å². The Kier molecular flexibility index (Phi) is 5.28. The van der Waals surface area contributed by atoms with Crippen molar-refractivity contribution in [1.29, 1.82) is 0 Å². The third-order valence-electron chi connectivity index (χ3n) is 3.62. The summed E-state index contributed by atoms with van der Waals surface area (Å²) in [6.07, 6.45) is 3.35. The van der Waals surface area contributed by atoms with Crippen molar-refractivity contribution < 1.29 is 18.3 Å². The fourth-order valence-electron chi connectivity index (χ4n) is 2.10. The highest BCUT2D eigenvalue weighted by Crippen LogP contribution is 2.18. The summed E-state index contributed by atoms with van der Waals surface area (Å²) in [5.74, 6) is -1.35. The Morgan fingerprint density at radius 1 is 1.25 bits per heavy atom. The number of anilines is 1. The first-order valence-corrected chi connectivity index (χ1v) is 9.05. The predicted molar refractivity (Wildman–Crippen MR) is 90.4 cm³/mol. The molecule has 2 rings (SSSR count). The summed E-state index contributed by atoms with van der Waals surface area (Å²) in [6, 6.07) is 6.77. The molecule has 1 aromatic heterocycles. The molecule has 0 saturated carbocycles. The van der Waals surface area contributed by atoms with Crippen LogP contribution in [0, 0.1) is 5.92 Å². The van der Waals surface area contributed by atoms with E-state index in [0.29, 0.717) is 12.1 Å². The highest BCUT2D eigenvalue weighted by Gasteiger charge is 2.18. The van der Waals surface area contributed by atoms with Crippen LogP contribution in [0.4, 0.5) is 5.69 Å². The minimum Gasteiger partial charge on any atom is -0.481 e. The molecule has 0 aliphatic rings. The van der Waals surface area contributed by atoms with Crippen molar-refractivity contribution in [2.75, 3.05) is 4.72 Å². The number of sulfonamides is 1. The average molecular weight is 351 g/mol.